The third-order valence-corrected chi connectivity index (χ3v) is 3.94. The van der Waals surface area contributed by atoms with E-state index in [9.17, 15) is 23.1 Å². The smallest absolute Gasteiger partial charge is 0.416 e. The molecule has 26 heavy (non-hydrogen) atoms. The monoisotopic (exact) mass is 407 g/mol. The number of hydrogen-bond acceptors (Lipinski definition) is 3. The molecule has 2 rings (SSSR count). The van der Waals surface area contributed by atoms with Crippen molar-refractivity contribution in [3.05, 3.63) is 57.6 Å². The van der Waals surface area contributed by atoms with Gasteiger partial charge in [-0.3, -0.25) is 4.79 Å². The molecule has 0 aliphatic rings. The number of rotatable bonds is 5. The number of aromatic hydroxyl groups is 1. The average Bonchev–Trinajstić information content (AvgIpc) is 2.56. The lowest BCUT2D eigenvalue weighted by Crippen LogP contribution is -2.38. The van der Waals surface area contributed by atoms with E-state index in [2.05, 4.69) is 5.32 Å². The first-order chi connectivity index (χ1) is 12.1. The molecule has 1 amide bonds. The Bertz CT molecular complexity index is 772. The van der Waals surface area contributed by atoms with Gasteiger partial charge in [0.1, 0.15) is 5.75 Å². The summed E-state index contributed by atoms with van der Waals surface area (Å²) in [5.41, 5.74) is -0.803. The number of phenolic OH excluding ortho intramolecular Hbond substituents is 1. The van der Waals surface area contributed by atoms with Crippen LogP contribution < -0.4 is 10.1 Å². The third-order valence-electron chi connectivity index (χ3n) is 3.38. The third kappa shape index (κ3) is 4.95. The highest BCUT2D eigenvalue weighted by Crippen LogP contribution is 2.37. The minimum absolute atomic E-state index is 0.0444. The molecule has 1 unspecified atom stereocenters. The molecule has 0 aromatic heterocycles. The zero-order chi connectivity index (χ0) is 19.5. The van der Waals surface area contributed by atoms with Gasteiger partial charge in [-0.2, -0.15) is 13.2 Å². The molecular formula is C17H14Cl2F3NO3. The number of benzene rings is 2. The summed E-state index contributed by atoms with van der Waals surface area (Å²) in [6, 6.07) is 6.26. The molecule has 0 aliphatic heterocycles. The minimum atomic E-state index is -4.48. The largest absolute Gasteiger partial charge is 0.508 e. The zero-order valence-corrected chi connectivity index (χ0v) is 14.9. The van der Waals surface area contributed by atoms with Crippen LogP contribution in [0.5, 0.6) is 11.5 Å². The number of carbonyl (C=O) groups is 1. The molecule has 0 fully saturated rings. The molecule has 2 aromatic rings. The van der Waals surface area contributed by atoms with Crippen molar-refractivity contribution >= 4 is 29.1 Å². The number of hydrogen-bond donors (Lipinski definition) is 2. The van der Waals surface area contributed by atoms with Crippen molar-refractivity contribution in [3.63, 3.8) is 0 Å². The number of halogens is 5. The molecule has 0 spiro atoms. The fourth-order valence-corrected chi connectivity index (χ4v) is 2.62. The van der Waals surface area contributed by atoms with E-state index >= 15 is 0 Å². The maximum Gasteiger partial charge on any atom is 0.416 e. The van der Waals surface area contributed by atoms with Crippen molar-refractivity contribution in [2.75, 3.05) is 0 Å². The van der Waals surface area contributed by atoms with E-state index in [1.807, 2.05) is 0 Å². The molecule has 4 nitrogen and oxygen atoms in total. The zero-order valence-electron chi connectivity index (χ0n) is 13.4. The highest BCUT2D eigenvalue weighted by Gasteiger charge is 2.30. The topological polar surface area (TPSA) is 58.6 Å². The molecule has 2 aromatic carbocycles. The first-order valence-corrected chi connectivity index (χ1v) is 8.20. The molecule has 9 heteroatoms. The van der Waals surface area contributed by atoms with Gasteiger partial charge in [0.15, 0.2) is 12.0 Å². The van der Waals surface area contributed by atoms with E-state index in [0.717, 1.165) is 24.3 Å². The lowest BCUT2D eigenvalue weighted by Gasteiger charge is -2.20. The first-order valence-electron chi connectivity index (χ1n) is 7.44. The number of ether oxygens (including phenoxy) is 1. The van der Waals surface area contributed by atoms with Crippen molar-refractivity contribution in [1.82, 2.24) is 5.32 Å². The van der Waals surface area contributed by atoms with E-state index in [4.69, 9.17) is 27.9 Å². The Hall–Kier alpha value is -2.12. The average molecular weight is 408 g/mol. The predicted octanol–water partition coefficient (Wildman–Crippen LogP) is 5.26. The summed E-state index contributed by atoms with van der Waals surface area (Å²) in [5, 5.41) is 12.1. The summed E-state index contributed by atoms with van der Waals surface area (Å²) in [5.74, 6) is -0.684. The fraction of sp³-hybridized carbons (Fsp3) is 0.235. The normalized spacial score (nSPS) is 12.5. The molecule has 2 N–H and O–H groups in total. The van der Waals surface area contributed by atoms with Gasteiger partial charge >= 0.3 is 6.18 Å². The quantitative estimate of drug-likeness (QED) is 0.664. The van der Waals surface area contributed by atoms with Crippen LogP contribution in [0.3, 0.4) is 0 Å². The van der Waals surface area contributed by atoms with Gasteiger partial charge in [-0.15, -0.1) is 0 Å². The minimum Gasteiger partial charge on any atom is -0.508 e. The molecule has 0 radical (unpaired) electrons. The first kappa shape index (κ1) is 20.2. The number of carbonyl (C=O) groups excluding carboxylic acids is 1. The van der Waals surface area contributed by atoms with Crippen LogP contribution >= 0.6 is 23.2 Å². The summed E-state index contributed by atoms with van der Waals surface area (Å²) < 4.78 is 43.3. The van der Waals surface area contributed by atoms with E-state index in [1.165, 1.54) is 12.1 Å². The standard InChI is InChI=1S/C17H14Cl2F3NO3/c1-2-14(26-15-12(18)7-11(24)8-13(15)19)23-16(25)9-3-5-10(6-4-9)17(20,21)22/h3-8,14,24H,2H2,1H3,(H,23,25). The number of nitrogens with one attached hydrogen (secondary N) is 1. The van der Waals surface area contributed by atoms with Gasteiger partial charge < -0.3 is 15.2 Å². The Morgan fingerprint density at radius 3 is 2.19 bits per heavy atom. The lowest BCUT2D eigenvalue weighted by atomic mass is 10.1. The van der Waals surface area contributed by atoms with E-state index in [1.54, 1.807) is 6.92 Å². The molecule has 0 saturated carbocycles. The van der Waals surface area contributed by atoms with Gasteiger partial charge in [-0.1, -0.05) is 30.1 Å². The fourth-order valence-electron chi connectivity index (χ4n) is 2.06. The Kier molecular flexibility index (Phi) is 6.26. The summed E-state index contributed by atoms with van der Waals surface area (Å²) in [4.78, 5) is 12.2. The Morgan fingerprint density at radius 2 is 1.73 bits per heavy atom. The van der Waals surface area contributed by atoms with Gasteiger partial charge in [-0.05, 0) is 24.3 Å². The van der Waals surface area contributed by atoms with E-state index in [-0.39, 0.29) is 27.1 Å². The van der Waals surface area contributed by atoms with Crippen LogP contribution in [0.1, 0.15) is 29.3 Å². The van der Waals surface area contributed by atoms with E-state index in [0.29, 0.717) is 6.42 Å². The molecule has 0 aliphatic carbocycles. The molecule has 140 valence electrons. The van der Waals surface area contributed by atoms with Crippen LogP contribution in [0, 0.1) is 0 Å². The van der Waals surface area contributed by atoms with Crippen LogP contribution in [0.2, 0.25) is 10.0 Å². The van der Waals surface area contributed by atoms with Crippen LogP contribution in [-0.4, -0.2) is 17.2 Å². The highest BCUT2D eigenvalue weighted by molar-refractivity contribution is 6.37. The van der Waals surface area contributed by atoms with Crippen molar-refractivity contribution < 1.29 is 27.8 Å². The van der Waals surface area contributed by atoms with Crippen LogP contribution in [0.15, 0.2) is 36.4 Å². The van der Waals surface area contributed by atoms with Crippen molar-refractivity contribution in [2.45, 2.75) is 25.7 Å². The molecule has 0 heterocycles. The number of alkyl halides is 3. The van der Waals surface area contributed by atoms with Gasteiger partial charge in [-0.25, -0.2) is 0 Å². The summed E-state index contributed by atoms with van der Waals surface area (Å²) >= 11 is 11.9. The Balaban J connectivity index is 2.11. The summed E-state index contributed by atoms with van der Waals surface area (Å²) in [6.07, 6.45) is -4.97. The van der Waals surface area contributed by atoms with E-state index < -0.39 is 23.9 Å². The number of phenols is 1. The molecule has 1 atom stereocenters. The predicted molar refractivity (Wildman–Crippen MR) is 91.7 cm³/mol. The SMILES string of the molecule is CCC(NC(=O)c1ccc(C(F)(F)F)cc1)Oc1c(Cl)cc(O)cc1Cl. The van der Waals surface area contributed by atoms with Crippen molar-refractivity contribution in [2.24, 2.45) is 0 Å². The maximum absolute atomic E-state index is 12.6. The van der Waals surface area contributed by atoms with Crippen LogP contribution in [-0.2, 0) is 6.18 Å². The van der Waals surface area contributed by atoms with Crippen molar-refractivity contribution in [1.29, 1.82) is 0 Å². The van der Waals surface area contributed by atoms with Gasteiger partial charge in [0.05, 0.1) is 15.6 Å². The van der Waals surface area contributed by atoms with Gasteiger partial charge in [0, 0.05) is 24.1 Å². The Morgan fingerprint density at radius 1 is 1.19 bits per heavy atom. The Labute approximate surface area is 157 Å². The second kappa shape index (κ2) is 8.05. The molecule has 0 saturated heterocycles. The highest BCUT2D eigenvalue weighted by atomic mass is 35.5. The maximum atomic E-state index is 12.6. The second-order valence-corrected chi connectivity index (χ2v) is 6.12. The lowest BCUT2D eigenvalue weighted by molar-refractivity contribution is -0.137. The van der Waals surface area contributed by atoms with Gasteiger partial charge in [0.25, 0.3) is 5.91 Å². The molecule has 0 bridgehead atoms. The van der Waals surface area contributed by atoms with Crippen LogP contribution in [0.25, 0.3) is 0 Å². The second-order valence-electron chi connectivity index (χ2n) is 5.30. The van der Waals surface area contributed by atoms with Gasteiger partial charge in [0.2, 0.25) is 0 Å². The summed E-state index contributed by atoms with van der Waals surface area (Å²) in [7, 11) is 0. The number of amides is 1. The van der Waals surface area contributed by atoms with Crippen molar-refractivity contribution in [3.8, 4) is 11.5 Å². The van der Waals surface area contributed by atoms with Crippen LogP contribution in [0.4, 0.5) is 13.2 Å². The molecular weight excluding hydrogens is 394 g/mol. The summed E-state index contributed by atoms with van der Waals surface area (Å²) in [6.45, 7) is 1.72.